The summed E-state index contributed by atoms with van der Waals surface area (Å²) in [6.07, 6.45) is 10.1. The summed E-state index contributed by atoms with van der Waals surface area (Å²) >= 11 is 3.29. The maximum Gasteiger partial charge on any atom is 0.253 e. The normalized spacial score (nSPS) is 10.4. The number of amides is 1. The van der Waals surface area contributed by atoms with Crippen LogP contribution in [0, 0.1) is 0 Å². The Morgan fingerprint density at radius 2 is 2.14 bits per heavy atom. The molecule has 3 aromatic rings. The SMILES string of the molecule is O=C(NCc1ccc(-n2ccnc2)nc1)c1cncc(Br)c1. The van der Waals surface area contributed by atoms with Crippen LogP contribution in [0.25, 0.3) is 5.82 Å². The first-order valence-corrected chi connectivity index (χ1v) is 7.34. The van der Waals surface area contributed by atoms with Gasteiger partial charge >= 0.3 is 0 Å². The standard InChI is InChI=1S/C15H12BrN5O/c16-13-5-12(8-18-9-13)15(22)20-7-11-1-2-14(19-6-11)21-4-3-17-10-21/h1-6,8-10H,7H2,(H,20,22). The Morgan fingerprint density at radius 3 is 2.82 bits per heavy atom. The predicted molar refractivity (Wildman–Crippen MR) is 84.5 cm³/mol. The Kier molecular flexibility index (Phi) is 4.24. The van der Waals surface area contributed by atoms with E-state index in [-0.39, 0.29) is 5.91 Å². The van der Waals surface area contributed by atoms with Crippen molar-refractivity contribution in [3.8, 4) is 5.82 Å². The topological polar surface area (TPSA) is 72.7 Å². The average Bonchev–Trinajstić information content (AvgIpc) is 3.07. The van der Waals surface area contributed by atoms with Gasteiger partial charge in [-0.1, -0.05) is 6.07 Å². The zero-order valence-corrected chi connectivity index (χ0v) is 13.1. The lowest BCUT2D eigenvalue weighted by Crippen LogP contribution is -2.23. The van der Waals surface area contributed by atoms with Crippen molar-refractivity contribution in [2.75, 3.05) is 0 Å². The summed E-state index contributed by atoms with van der Waals surface area (Å²) in [5, 5.41) is 2.84. The third-order valence-corrected chi connectivity index (χ3v) is 3.43. The fourth-order valence-electron chi connectivity index (χ4n) is 1.89. The van der Waals surface area contributed by atoms with Gasteiger partial charge in [0, 0.05) is 42.0 Å². The average molecular weight is 358 g/mol. The van der Waals surface area contributed by atoms with Gasteiger partial charge in [-0.05, 0) is 33.6 Å². The molecule has 0 saturated carbocycles. The van der Waals surface area contributed by atoms with Gasteiger partial charge in [0.25, 0.3) is 5.91 Å². The summed E-state index contributed by atoms with van der Waals surface area (Å²) in [7, 11) is 0. The van der Waals surface area contributed by atoms with Crippen LogP contribution in [0.5, 0.6) is 0 Å². The van der Waals surface area contributed by atoms with Gasteiger partial charge in [-0.15, -0.1) is 0 Å². The highest BCUT2D eigenvalue weighted by Crippen LogP contribution is 2.10. The molecule has 3 rings (SSSR count). The molecule has 1 N–H and O–H groups in total. The number of nitrogens with one attached hydrogen (secondary N) is 1. The highest BCUT2D eigenvalue weighted by molar-refractivity contribution is 9.10. The molecule has 0 unspecified atom stereocenters. The monoisotopic (exact) mass is 357 g/mol. The van der Waals surface area contributed by atoms with E-state index in [1.807, 2.05) is 22.9 Å². The van der Waals surface area contributed by atoms with Crippen molar-refractivity contribution in [1.82, 2.24) is 24.8 Å². The van der Waals surface area contributed by atoms with Gasteiger partial charge in [-0.2, -0.15) is 0 Å². The molecule has 1 amide bonds. The fourth-order valence-corrected chi connectivity index (χ4v) is 2.25. The van der Waals surface area contributed by atoms with Crippen molar-refractivity contribution < 1.29 is 4.79 Å². The van der Waals surface area contributed by atoms with E-state index in [1.165, 1.54) is 6.20 Å². The number of carbonyl (C=O) groups is 1. The van der Waals surface area contributed by atoms with Crippen molar-refractivity contribution in [3.63, 3.8) is 0 Å². The molecule has 3 heterocycles. The van der Waals surface area contributed by atoms with Gasteiger partial charge in [0.05, 0.1) is 5.56 Å². The molecule has 110 valence electrons. The lowest BCUT2D eigenvalue weighted by atomic mass is 10.2. The predicted octanol–water partition coefficient (Wildman–Crippen LogP) is 2.35. The molecule has 0 aliphatic heterocycles. The van der Waals surface area contributed by atoms with E-state index in [0.717, 1.165) is 15.9 Å². The van der Waals surface area contributed by atoms with Crippen LogP contribution in [-0.2, 0) is 6.54 Å². The number of halogens is 1. The van der Waals surface area contributed by atoms with Crippen molar-refractivity contribution in [1.29, 1.82) is 0 Å². The molecular weight excluding hydrogens is 346 g/mol. The van der Waals surface area contributed by atoms with Crippen LogP contribution < -0.4 is 5.32 Å². The number of carbonyl (C=O) groups excluding carboxylic acids is 1. The Balaban J connectivity index is 1.63. The minimum absolute atomic E-state index is 0.174. The highest BCUT2D eigenvalue weighted by atomic mass is 79.9. The molecule has 0 spiro atoms. The second-order valence-corrected chi connectivity index (χ2v) is 5.48. The number of rotatable bonds is 4. The molecule has 6 nitrogen and oxygen atoms in total. The van der Waals surface area contributed by atoms with E-state index in [9.17, 15) is 4.79 Å². The molecular formula is C15H12BrN5O. The van der Waals surface area contributed by atoms with Crippen LogP contribution in [0.15, 0.2) is 60.0 Å². The number of hydrogen-bond acceptors (Lipinski definition) is 4. The number of pyridine rings is 2. The van der Waals surface area contributed by atoms with E-state index >= 15 is 0 Å². The van der Waals surface area contributed by atoms with Gasteiger partial charge in [0.15, 0.2) is 0 Å². The molecule has 0 aliphatic carbocycles. The number of aromatic nitrogens is 4. The molecule has 0 aromatic carbocycles. The van der Waals surface area contributed by atoms with Crippen LogP contribution in [0.4, 0.5) is 0 Å². The zero-order valence-electron chi connectivity index (χ0n) is 11.5. The van der Waals surface area contributed by atoms with Crippen molar-refractivity contribution >= 4 is 21.8 Å². The summed E-state index contributed by atoms with van der Waals surface area (Å²) in [5.41, 5.74) is 1.43. The summed E-state index contributed by atoms with van der Waals surface area (Å²) in [5.74, 6) is 0.608. The van der Waals surface area contributed by atoms with Gasteiger partial charge in [0.2, 0.25) is 0 Å². The Labute approximate surface area is 135 Å². The second kappa shape index (κ2) is 6.48. The van der Waals surface area contributed by atoms with Crippen molar-refractivity contribution in [2.24, 2.45) is 0 Å². The molecule has 0 aliphatic rings. The maximum atomic E-state index is 12.0. The summed E-state index contributed by atoms with van der Waals surface area (Å²) < 4.78 is 2.58. The van der Waals surface area contributed by atoms with Crippen LogP contribution in [0.2, 0.25) is 0 Å². The molecule has 3 aromatic heterocycles. The van der Waals surface area contributed by atoms with E-state index in [4.69, 9.17) is 0 Å². The van der Waals surface area contributed by atoms with Crippen molar-refractivity contribution in [2.45, 2.75) is 6.54 Å². The summed E-state index contributed by atoms with van der Waals surface area (Å²) in [4.78, 5) is 24.3. The lowest BCUT2D eigenvalue weighted by molar-refractivity contribution is 0.0950. The van der Waals surface area contributed by atoms with Gasteiger partial charge < -0.3 is 5.32 Å². The van der Waals surface area contributed by atoms with E-state index in [2.05, 4.69) is 36.2 Å². The Hall–Kier alpha value is -2.54. The van der Waals surface area contributed by atoms with Crippen LogP contribution in [-0.4, -0.2) is 25.4 Å². The van der Waals surface area contributed by atoms with E-state index in [0.29, 0.717) is 12.1 Å². The Bertz CT molecular complexity index is 771. The van der Waals surface area contributed by atoms with Gasteiger partial charge in [-0.25, -0.2) is 9.97 Å². The molecule has 0 atom stereocenters. The lowest BCUT2D eigenvalue weighted by Gasteiger charge is -2.06. The minimum Gasteiger partial charge on any atom is -0.348 e. The molecule has 7 heteroatoms. The highest BCUT2D eigenvalue weighted by Gasteiger charge is 2.06. The first kappa shape index (κ1) is 14.4. The summed E-state index contributed by atoms with van der Waals surface area (Å²) in [6, 6.07) is 5.52. The number of imidazole rings is 1. The van der Waals surface area contributed by atoms with Crippen LogP contribution in [0.3, 0.4) is 0 Å². The molecule has 0 saturated heterocycles. The fraction of sp³-hybridized carbons (Fsp3) is 0.0667. The zero-order chi connectivity index (χ0) is 15.4. The van der Waals surface area contributed by atoms with Gasteiger partial charge in [0.1, 0.15) is 12.1 Å². The summed E-state index contributed by atoms with van der Waals surface area (Å²) in [6.45, 7) is 0.405. The Morgan fingerprint density at radius 1 is 1.23 bits per heavy atom. The largest absolute Gasteiger partial charge is 0.348 e. The molecule has 0 bridgehead atoms. The van der Waals surface area contributed by atoms with Crippen LogP contribution >= 0.6 is 15.9 Å². The van der Waals surface area contributed by atoms with Gasteiger partial charge in [-0.3, -0.25) is 14.3 Å². The second-order valence-electron chi connectivity index (χ2n) is 4.57. The first-order valence-electron chi connectivity index (χ1n) is 6.54. The first-order chi connectivity index (χ1) is 10.7. The molecule has 0 radical (unpaired) electrons. The van der Waals surface area contributed by atoms with E-state index < -0.39 is 0 Å². The quantitative estimate of drug-likeness (QED) is 0.777. The third kappa shape index (κ3) is 3.37. The van der Waals surface area contributed by atoms with E-state index in [1.54, 1.807) is 31.0 Å². The van der Waals surface area contributed by atoms with Crippen LogP contribution in [0.1, 0.15) is 15.9 Å². The molecule has 22 heavy (non-hydrogen) atoms. The van der Waals surface area contributed by atoms with Crippen molar-refractivity contribution in [3.05, 3.63) is 71.1 Å². The minimum atomic E-state index is -0.174. The number of hydrogen-bond donors (Lipinski definition) is 1. The molecule has 0 fully saturated rings. The smallest absolute Gasteiger partial charge is 0.253 e. The number of nitrogens with zero attached hydrogens (tertiary/aromatic N) is 4. The third-order valence-electron chi connectivity index (χ3n) is 3.00. The maximum absolute atomic E-state index is 12.0.